The zero-order valence-corrected chi connectivity index (χ0v) is 39.6. The number of anilines is 2. The average molecular weight is 879 g/mol. The molecule has 66 heavy (non-hydrogen) atoms. The van der Waals surface area contributed by atoms with Crippen LogP contribution in [0.2, 0.25) is 0 Å². The lowest BCUT2D eigenvalue weighted by Gasteiger charge is -2.39. The fourth-order valence-corrected chi connectivity index (χ4v) is 10.9. The molecule has 10 rings (SSSR count). The quantitative estimate of drug-likeness (QED) is 0.106. The first-order valence-electron chi connectivity index (χ1n) is 23.7. The van der Waals surface area contributed by atoms with Crippen LogP contribution in [0.15, 0.2) is 127 Å². The van der Waals surface area contributed by atoms with Gasteiger partial charge in [-0.15, -0.1) is 0 Å². The van der Waals surface area contributed by atoms with Gasteiger partial charge >= 0.3 is 5.97 Å². The van der Waals surface area contributed by atoms with Gasteiger partial charge in [0, 0.05) is 70.8 Å². The van der Waals surface area contributed by atoms with E-state index in [1.807, 2.05) is 0 Å². The van der Waals surface area contributed by atoms with Crippen molar-refractivity contribution < 1.29 is 23.7 Å². The molecular formula is C59H62N2O5. The second kappa shape index (κ2) is 16.8. The number of morpholine rings is 1. The number of hydrogen-bond donors (Lipinski definition) is 0. The van der Waals surface area contributed by atoms with E-state index >= 15 is 0 Å². The van der Waals surface area contributed by atoms with Crippen molar-refractivity contribution >= 4 is 34.2 Å². The van der Waals surface area contributed by atoms with Crippen molar-refractivity contribution in [2.45, 2.75) is 70.8 Å². The second-order valence-corrected chi connectivity index (χ2v) is 20.3. The molecular weight excluding hydrogens is 817 g/mol. The number of carbonyl (C=O) groups is 1. The normalized spacial score (nSPS) is 19.7. The summed E-state index contributed by atoms with van der Waals surface area (Å²) in [5.41, 5.74) is 13.4. The minimum Gasteiger partial charge on any atom is -0.495 e. The van der Waals surface area contributed by atoms with Crippen LogP contribution < -0.4 is 19.3 Å². The van der Waals surface area contributed by atoms with Crippen LogP contribution in [-0.2, 0) is 30.7 Å². The van der Waals surface area contributed by atoms with E-state index in [4.69, 9.17) is 18.9 Å². The molecule has 0 amide bonds. The highest BCUT2D eigenvalue weighted by molar-refractivity contribution is 6.10. The standard InChI is InChI=1S/C59H62N2O5/c1-38(2)56(62)65-37-39-13-12-28-61(36-39)51-34-48-49(35-52(51)63-8)55-47(54-53(48)46-25-18-41(33-50(46)58(54,6)7)40-16-19-42(20-17-40)57(3,4)5)26-27-59(66-55,43-14-10-9-11-15-43)44-21-23-45(24-22-44)60-29-31-64-32-30-60/h9-11,14-27,33-35,39H,1,12-13,28-32,36-37H2,2-8H3. The molecule has 7 nitrogen and oxygen atoms in total. The highest BCUT2D eigenvalue weighted by Gasteiger charge is 2.45. The smallest absolute Gasteiger partial charge is 0.333 e. The lowest BCUT2D eigenvalue weighted by molar-refractivity contribution is -0.140. The summed E-state index contributed by atoms with van der Waals surface area (Å²) in [6, 6.07) is 40.2. The van der Waals surface area contributed by atoms with Crippen molar-refractivity contribution in [3.63, 3.8) is 0 Å². The number of piperidine rings is 1. The maximum absolute atomic E-state index is 12.4. The molecule has 6 aromatic rings. The first kappa shape index (κ1) is 43.6. The van der Waals surface area contributed by atoms with E-state index in [-0.39, 0.29) is 22.7 Å². The first-order valence-corrected chi connectivity index (χ1v) is 23.7. The molecule has 2 fully saturated rings. The van der Waals surface area contributed by atoms with E-state index in [2.05, 4.69) is 172 Å². The minimum absolute atomic E-state index is 0.0778. The number of carbonyl (C=O) groups excluding carboxylic acids is 1. The molecule has 0 N–H and O–H groups in total. The molecule has 0 bridgehead atoms. The third-order valence-electron chi connectivity index (χ3n) is 14.5. The summed E-state index contributed by atoms with van der Waals surface area (Å²) in [5, 5.41) is 2.14. The highest BCUT2D eigenvalue weighted by Crippen LogP contribution is 2.59. The van der Waals surface area contributed by atoms with E-state index in [9.17, 15) is 4.79 Å². The molecule has 4 aliphatic rings. The van der Waals surface area contributed by atoms with Gasteiger partial charge in [-0.05, 0) is 106 Å². The zero-order chi connectivity index (χ0) is 46.0. The highest BCUT2D eigenvalue weighted by atomic mass is 16.5. The fourth-order valence-electron chi connectivity index (χ4n) is 10.9. The van der Waals surface area contributed by atoms with E-state index in [1.165, 1.54) is 44.6 Å². The van der Waals surface area contributed by atoms with Crippen LogP contribution in [-0.4, -0.2) is 59.1 Å². The Bertz CT molecular complexity index is 2870. The monoisotopic (exact) mass is 878 g/mol. The number of fused-ring (bicyclic) bond motifs is 8. The lowest BCUT2D eigenvalue weighted by atomic mass is 9.76. The average Bonchev–Trinajstić information content (AvgIpc) is 3.58. The van der Waals surface area contributed by atoms with Gasteiger partial charge in [0.15, 0.2) is 5.60 Å². The molecule has 1 aliphatic carbocycles. The molecule has 0 radical (unpaired) electrons. The second-order valence-electron chi connectivity index (χ2n) is 20.3. The van der Waals surface area contributed by atoms with Crippen molar-refractivity contribution in [2.24, 2.45) is 5.92 Å². The predicted molar refractivity (Wildman–Crippen MR) is 269 cm³/mol. The van der Waals surface area contributed by atoms with Crippen LogP contribution in [0.25, 0.3) is 39.1 Å². The molecule has 2 saturated heterocycles. The molecule has 338 valence electrons. The van der Waals surface area contributed by atoms with Gasteiger partial charge < -0.3 is 28.7 Å². The van der Waals surface area contributed by atoms with Gasteiger partial charge in [0.1, 0.15) is 11.5 Å². The Labute approximate surface area is 390 Å². The molecule has 3 aliphatic heterocycles. The van der Waals surface area contributed by atoms with Crippen molar-refractivity contribution in [2.75, 3.05) is 62.9 Å². The van der Waals surface area contributed by atoms with E-state index < -0.39 is 5.60 Å². The third kappa shape index (κ3) is 7.55. The molecule has 3 heterocycles. The number of hydrogen-bond acceptors (Lipinski definition) is 7. The summed E-state index contributed by atoms with van der Waals surface area (Å²) in [7, 11) is 1.76. The van der Waals surface area contributed by atoms with Crippen LogP contribution in [0.3, 0.4) is 0 Å². The predicted octanol–water partition coefficient (Wildman–Crippen LogP) is 12.6. The molecule has 6 aromatic carbocycles. The van der Waals surface area contributed by atoms with Crippen molar-refractivity contribution in [3.05, 3.63) is 161 Å². The van der Waals surface area contributed by atoms with Crippen LogP contribution in [0, 0.1) is 5.92 Å². The van der Waals surface area contributed by atoms with Crippen LogP contribution >= 0.6 is 0 Å². The van der Waals surface area contributed by atoms with Crippen LogP contribution in [0.5, 0.6) is 11.5 Å². The molecule has 2 unspecified atom stereocenters. The number of benzene rings is 6. The lowest BCUT2D eigenvalue weighted by Crippen LogP contribution is -2.38. The van der Waals surface area contributed by atoms with Gasteiger partial charge in [0.05, 0.1) is 32.6 Å². The molecule has 0 aromatic heterocycles. The first-order chi connectivity index (χ1) is 31.8. The third-order valence-corrected chi connectivity index (χ3v) is 14.5. The van der Waals surface area contributed by atoms with Gasteiger partial charge in [-0.25, -0.2) is 4.79 Å². The van der Waals surface area contributed by atoms with E-state index in [0.29, 0.717) is 12.2 Å². The number of methoxy groups -OCH3 is 1. The molecule has 2 atom stereocenters. The Morgan fingerprint density at radius 3 is 2.24 bits per heavy atom. The number of ether oxygens (including phenoxy) is 4. The maximum atomic E-state index is 12.4. The van der Waals surface area contributed by atoms with Crippen molar-refractivity contribution in [3.8, 4) is 33.8 Å². The van der Waals surface area contributed by atoms with Gasteiger partial charge in [0.25, 0.3) is 0 Å². The fraction of sp³-hybridized carbons (Fsp3) is 0.339. The Kier molecular flexibility index (Phi) is 11.1. The van der Waals surface area contributed by atoms with Crippen LogP contribution in [0.4, 0.5) is 11.4 Å². The molecule has 7 heteroatoms. The summed E-state index contributed by atoms with van der Waals surface area (Å²) in [4.78, 5) is 17.3. The Balaban J connectivity index is 1.16. The Morgan fingerprint density at radius 2 is 1.55 bits per heavy atom. The number of rotatable bonds is 9. The van der Waals surface area contributed by atoms with Crippen molar-refractivity contribution in [1.29, 1.82) is 0 Å². The summed E-state index contributed by atoms with van der Waals surface area (Å²) in [5.74, 6) is 1.48. The van der Waals surface area contributed by atoms with Gasteiger partial charge in [0.2, 0.25) is 0 Å². The summed E-state index contributed by atoms with van der Waals surface area (Å²) in [6.07, 6.45) is 6.58. The van der Waals surface area contributed by atoms with Crippen molar-refractivity contribution in [1.82, 2.24) is 0 Å². The topological polar surface area (TPSA) is 60.5 Å². The summed E-state index contributed by atoms with van der Waals surface area (Å²) in [6.45, 7) is 22.2. The van der Waals surface area contributed by atoms with E-state index in [0.717, 1.165) is 96.9 Å². The Hall–Kier alpha value is -6.31. The van der Waals surface area contributed by atoms with Gasteiger partial charge in [-0.1, -0.05) is 126 Å². The molecule has 0 spiro atoms. The number of nitrogens with zero attached hydrogens (tertiary/aromatic N) is 2. The van der Waals surface area contributed by atoms with Gasteiger partial charge in [-0.3, -0.25) is 0 Å². The zero-order valence-electron chi connectivity index (χ0n) is 39.6. The Morgan fingerprint density at radius 1 is 0.833 bits per heavy atom. The minimum atomic E-state index is -0.909. The SMILES string of the molecule is C=C(C)C(=O)OCC1CCCN(c2cc3c4c(c5c(c3cc2OC)OC(c2ccccc2)(c2ccc(N3CCOCC3)cc2)C=C5)C(C)(C)c2cc(-c3ccc(C(C)(C)C)cc3)ccc2-4)C1. The summed E-state index contributed by atoms with van der Waals surface area (Å²) < 4.78 is 25.5. The number of esters is 1. The van der Waals surface area contributed by atoms with Gasteiger partial charge in [-0.2, -0.15) is 0 Å². The summed E-state index contributed by atoms with van der Waals surface area (Å²) >= 11 is 0. The van der Waals surface area contributed by atoms with Crippen LogP contribution in [0.1, 0.15) is 87.8 Å². The molecule has 0 saturated carbocycles. The maximum Gasteiger partial charge on any atom is 0.333 e. The van der Waals surface area contributed by atoms with E-state index in [1.54, 1.807) is 14.0 Å². The largest absolute Gasteiger partial charge is 0.495 e.